The highest BCUT2D eigenvalue weighted by Gasteiger charge is 2.34. The summed E-state index contributed by atoms with van der Waals surface area (Å²) in [5, 5.41) is 4.39. The highest BCUT2D eigenvalue weighted by atomic mass is 35.5. The number of sulfonamides is 1. The molecule has 2 aromatic rings. The van der Waals surface area contributed by atoms with E-state index in [9.17, 15) is 13.2 Å². The second-order valence-electron chi connectivity index (χ2n) is 10.4. The lowest BCUT2D eigenvalue weighted by Gasteiger charge is -2.43. The number of likely N-dealkylation sites (tertiary alicyclic amines) is 2. The third-order valence-corrected chi connectivity index (χ3v) is 10.0. The molecule has 0 unspecified atom stereocenters. The zero-order chi connectivity index (χ0) is 28.2. The Hall–Kier alpha value is -1.98. The fraction of sp³-hybridized carbons (Fsp3) is 0.593. The Morgan fingerprint density at radius 3 is 2.38 bits per heavy atom. The van der Waals surface area contributed by atoms with Crippen molar-refractivity contribution in [2.45, 2.75) is 58.0 Å². The summed E-state index contributed by atoms with van der Waals surface area (Å²) in [6.45, 7) is 8.05. The van der Waals surface area contributed by atoms with Gasteiger partial charge in [-0.3, -0.25) is 4.79 Å². The van der Waals surface area contributed by atoms with Gasteiger partial charge < -0.3 is 15.1 Å². The van der Waals surface area contributed by atoms with Crippen molar-refractivity contribution >= 4 is 45.0 Å². The van der Waals surface area contributed by atoms with Crippen molar-refractivity contribution in [2.75, 3.05) is 50.8 Å². The Morgan fingerprint density at radius 2 is 1.77 bits per heavy atom. The van der Waals surface area contributed by atoms with Crippen molar-refractivity contribution in [3.63, 3.8) is 0 Å². The first-order chi connectivity index (χ1) is 18.6. The predicted molar refractivity (Wildman–Crippen MR) is 156 cm³/mol. The second-order valence-corrected chi connectivity index (χ2v) is 13.1. The number of piperidine rings is 2. The van der Waals surface area contributed by atoms with Gasteiger partial charge in [0.1, 0.15) is 17.8 Å². The molecule has 2 aliphatic heterocycles. The molecule has 0 atom stereocenters. The Morgan fingerprint density at radius 1 is 1.08 bits per heavy atom. The Bertz CT molecular complexity index is 1260. The van der Waals surface area contributed by atoms with Crippen molar-refractivity contribution < 1.29 is 13.2 Å². The fourth-order valence-corrected chi connectivity index (χ4v) is 7.29. The molecule has 2 aliphatic rings. The van der Waals surface area contributed by atoms with E-state index in [0.29, 0.717) is 53.8 Å². The average Bonchev–Trinajstić information content (AvgIpc) is 2.91. The lowest BCUT2D eigenvalue weighted by Crippen LogP contribution is -2.52. The van der Waals surface area contributed by atoms with Crippen LogP contribution in [0.1, 0.15) is 54.2 Å². The van der Waals surface area contributed by atoms with E-state index in [0.717, 1.165) is 56.3 Å². The highest BCUT2D eigenvalue weighted by Crippen LogP contribution is 2.26. The monoisotopic (exact) mass is 596 g/mol. The van der Waals surface area contributed by atoms with Gasteiger partial charge in [-0.1, -0.05) is 36.2 Å². The van der Waals surface area contributed by atoms with Gasteiger partial charge in [0.05, 0.1) is 16.3 Å². The van der Waals surface area contributed by atoms with Crippen LogP contribution in [-0.2, 0) is 16.4 Å². The van der Waals surface area contributed by atoms with Gasteiger partial charge in [0.2, 0.25) is 10.0 Å². The Balaban J connectivity index is 1.28. The number of hydrogen-bond donors (Lipinski definition) is 1. The molecular formula is C27H38Cl2N6O3S. The number of amides is 1. The topological polar surface area (TPSA) is 98.7 Å². The fourth-order valence-electron chi connectivity index (χ4n) is 5.75. The van der Waals surface area contributed by atoms with E-state index in [2.05, 4.69) is 20.2 Å². The van der Waals surface area contributed by atoms with E-state index in [1.165, 1.54) is 12.6 Å². The molecule has 1 aromatic heterocycles. The average molecular weight is 598 g/mol. The van der Waals surface area contributed by atoms with Gasteiger partial charge in [0.25, 0.3) is 5.91 Å². The van der Waals surface area contributed by atoms with Crippen molar-refractivity contribution in [2.24, 2.45) is 0 Å². The maximum atomic E-state index is 13.4. The molecule has 0 bridgehead atoms. The number of benzene rings is 1. The maximum absolute atomic E-state index is 13.4. The molecule has 39 heavy (non-hydrogen) atoms. The number of aromatic nitrogens is 2. The molecule has 3 heterocycles. The number of anilines is 1. The van der Waals surface area contributed by atoms with E-state index >= 15 is 0 Å². The Kier molecular flexibility index (Phi) is 10.1. The first-order valence-corrected chi connectivity index (χ1v) is 16.2. The van der Waals surface area contributed by atoms with Crippen LogP contribution in [0.2, 0.25) is 10.0 Å². The molecular weight excluding hydrogens is 559 g/mol. The second kappa shape index (κ2) is 13.1. The number of carbonyl (C=O) groups excluding carboxylic acids is 1. The summed E-state index contributed by atoms with van der Waals surface area (Å²) in [6, 6.07) is 6.08. The first kappa shape index (κ1) is 30.0. The van der Waals surface area contributed by atoms with Crippen molar-refractivity contribution in [3.8, 4) is 0 Å². The zero-order valence-corrected chi connectivity index (χ0v) is 25.2. The maximum Gasteiger partial charge on any atom is 0.272 e. The number of nitrogens with zero attached hydrogens (tertiary/aromatic N) is 5. The van der Waals surface area contributed by atoms with E-state index in [-0.39, 0.29) is 11.9 Å². The molecule has 0 saturated carbocycles. The number of nitrogens with one attached hydrogen (secondary N) is 1. The molecule has 4 rings (SSSR count). The summed E-state index contributed by atoms with van der Waals surface area (Å²) in [5.41, 5.74) is 2.24. The minimum absolute atomic E-state index is 0.0636. The molecule has 214 valence electrons. The lowest BCUT2D eigenvalue weighted by molar-refractivity contribution is 0.0536. The van der Waals surface area contributed by atoms with E-state index in [1.807, 2.05) is 30.9 Å². The van der Waals surface area contributed by atoms with Crippen LogP contribution >= 0.6 is 23.2 Å². The zero-order valence-electron chi connectivity index (χ0n) is 22.9. The number of carbonyl (C=O) groups is 1. The van der Waals surface area contributed by atoms with E-state index < -0.39 is 10.0 Å². The number of rotatable bonds is 9. The normalized spacial score (nSPS) is 18.1. The highest BCUT2D eigenvalue weighted by molar-refractivity contribution is 7.88. The minimum Gasteiger partial charge on any atom is -0.369 e. The van der Waals surface area contributed by atoms with E-state index in [4.69, 9.17) is 23.2 Å². The molecule has 0 aliphatic carbocycles. The van der Waals surface area contributed by atoms with Crippen LogP contribution in [0.4, 0.5) is 5.82 Å². The molecule has 9 nitrogen and oxygen atoms in total. The van der Waals surface area contributed by atoms with Gasteiger partial charge in [-0.15, -0.1) is 0 Å². The molecule has 0 spiro atoms. The van der Waals surface area contributed by atoms with Gasteiger partial charge in [-0.05, 0) is 69.8 Å². The summed E-state index contributed by atoms with van der Waals surface area (Å²) in [7, 11) is -3.18. The van der Waals surface area contributed by atoms with Crippen molar-refractivity contribution in [3.05, 3.63) is 51.4 Å². The van der Waals surface area contributed by atoms with Gasteiger partial charge in [0, 0.05) is 43.8 Å². The quantitative estimate of drug-likeness (QED) is 0.465. The van der Waals surface area contributed by atoms with Crippen LogP contribution in [0.15, 0.2) is 24.5 Å². The summed E-state index contributed by atoms with van der Waals surface area (Å²) < 4.78 is 25.8. The summed E-state index contributed by atoms with van der Waals surface area (Å²) in [6.07, 6.45) is 6.97. The number of halogens is 2. The molecule has 1 N–H and O–H groups in total. The minimum atomic E-state index is -3.18. The lowest BCUT2D eigenvalue weighted by atomic mass is 9.97. The predicted octanol–water partition coefficient (Wildman–Crippen LogP) is 4.10. The molecule has 1 aromatic carbocycles. The molecule has 1 amide bonds. The first-order valence-electron chi connectivity index (χ1n) is 13.6. The van der Waals surface area contributed by atoms with Crippen molar-refractivity contribution in [1.82, 2.24) is 24.1 Å². The SMILES string of the molecule is CCN(C1CCN(C2CCN(C(=O)c3ncnc(NCCc4ccc(Cl)c(Cl)c4)c3C)CC2)CC1)S(C)(=O)=O. The van der Waals surface area contributed by atoms with Crippen LogP contribution in [-0.4, -0.2) is 96.0 Å². The number of hydrogen-bond acceptors (Lipinski definition) is 7. The van der Waals surface area contributed by atoms with Crippen LogP contribution < -0.4 is 5.32 Å². The van der Waals surface area contributed by atoms with Crippen LogP contribution in [0.5, 0.6) is 0 Å². The molecule has 12 heteroatoms. The van der Waals surface area contributed by atoms with Crippen molar-refractivity contribution in [1.29, 1.82) is 0 Å². The summed E-state index contributed by atoms with van der Waals surface area (Å²) in [5.74, 6) is 0.590. The third-order valence-electron chi connectivity index (χ3n) is 7.89. The van der Waals surface area contributed by atoms with Gasteiger partial charge >= 0.3 is 0 Å². The Labute approximate surface area is 241 Å². The molecule has 0 radical (unpaired) electrons. The van der Waals surface area contributed by atoms with Crippen LogP contribution in [0.3, 0.4) is 0 Å². The third kappa shape index (κ3) is 7.41. The van der Waals surface area contributed by atoms with Crippen LogP contribution in [0.25, 0.3) is 0 Å². The van der Waals surface area contributed by atoms with Gasteiger partial charge in [0.15, 0.2) is 0 Å². The molecule has 2 fully saturated rings. The van der Waals surface area contributed by atoms with Gasteiger partial charge in [-0.2, -0.15) is 4.31 Å². The summed E-state index contributed by atoms with van der Waals surface area (Å²) >= 11 is 12.1. The van der Waals surface area contributed by atoms with E-state index in [1.54, 1.807) is 10.4 Å². The summed E-state index contributed by atoms with van der Waals surface area (Å²) in [4.78, 5) is 26.4. The van der Waals surface area contributed by atoms with Crippen LogP contribution in [0, 0.1) is 6.92 Å². The van der Waals surface area contributed by atoms with Gasteiger partial charge in [-0.25, -0.2) is 18.4 Å². The smallest absolute Gasteiger partial charge is 0.272 e. The molecule has 2 saturated heterocycles. The standard InChI is InChI=1S/C27H38Cl2N6O3S/c1-4-35(39(3,37)38)22-10-13-33(14-11-22)21-8-15-34(16-9-21)27(36)25-19(2)26(32-18-31-25)30-12-7-20-5-6-23(28)24(29)17-20/h5-6,17-18,21-22H,4,7-16H2,1-3H3,(H,30,31,32). The largest absolute Gasteiger partial charge is 0.369 e.